The molecule has 0 N–H and O–H groups in total. The minimum Gasteiger partial charge on any atom is -0.340 e. The van der Waals surface area contributed by atoms with Crippen molar-refractivity contribution in [2.75, 3.05) is 0 Å². The van der Waals surface area contributed by atoms with Gasteiger partial charge in [-0.2, -0.15) is 5.10 Å². The van der Waals surface area contributed by atoms with Crippen LogP contribution >= 0.6 is 0 Å². The number of fused-ring (bicyclic) bond motifs is 1. The summed E-state index contributed by atoms with van der Waals surface area (Å²) in [6.45, 7) is 2.95. The van der Waals surface area contributed by atoms with Crippen LogP contribution in [-0.2, 0) is 20.0 Å². The van der Waals surface area contributed by atoms with Gasteiger partial charge in [-0.3, -0.25) is 4.68 Å². The maximum Gasteiger partial charge on any atom is 0.146 e. The van der Waals surface area contributed by atoms with Crippen molar-refractivity contribution >= 4 is 10.9 Å². The van der Waals surface area contributed by atoms with Crippen molar-refractivity contribution in [1.29, 1.82) is 0 Å². The molecule has 2 heterocycles. The molecule has 0 aliphatic heterocycles. The van der Waals surface area contributed by atoms with E-state index in [0.29, 0.717) is 0 Å². The Morgan fingerprint density at radius 1 is 1.22 bits per heavy atom. The Kier molecular flexibility index (Phi) is 2.63. The van der Waals surface area contributed by atoms with Gasteiger partial charge < -0.3 is 4.57 Å². The van der Waals surface area contributed by atoms with E-state index in [1.54, 1.807) is 6.33 Å². The normalized spacial score (nSPS) is 11.2. The second-order valence-electron chi connectivity index (χ2n) is 4.45. The summed E-state index contributed by atoms with van der Waals surface area (Å²) in [6.07, 6.45) is 4.76. The highest BCUT2D eigenvalue weighted by atomic mass is 15.3. The van der Waals surface area contributed by atoms with Crippen molar-refractivity contribution in [3.8, 4) is 0 Å². The number of hydrogen-bond donors (Lipinski definition) is 0. The fraction of sp³-hybridized carbons (Fsp3) is 0.286. The third kappa shape index (κ3) is 1.70. The van der Waals surface area contributed by atoms with Crippen molar-refractivity contribution in [2.45, 2.75) is 19.9 Å². The Labute approximate surface area is 106 Å². The second kappa shape index (κ2) is 4.29. The predicted octanol–water partition coefficient (Wildman–Crippen LogP) is 2.38. The summed E-state index contributed by atoms with van der Waals surface area (Å²) < 4.78 is 4.07. The van der Waals surface area contributed by atoms with Crippen LogP contribution in [0.15, 0.2) is 36.8 Å². The largest absolute Gasteiger partial charge is 0.340 e. The van der Waals surface area contributed by atoms with Gasteiger partial charge in [0.15, 0.2) is 0 Å². The fourth-order valence-electron chi connectivity index (χ4n) is 2.37. The molecule has 18 heavy (non-hydrogen) atoms. The Morgan fingerprint density at radius 2 is 2.11 bits per heavy atom. The topological polar surface area (TPSA) is 35.6 Å². The lowest BCUT2D eigenvalue weighted by Crippen LogP contribution is -2.06. The van der Waals surface area contributed by atoms with E-state index in [0.717, 1.165) is 18.8 Å². The highest BCUT2D eigenvalue weighted by molar-refractivity contribution is 5.83. The van der Waals surface area contributed by atoms with Gasteiger partial charge in [-0.25, -0.2) is 4.98 Å². The first-order valence-electron chi connectivity index (χ1n) is 6.19. The van der Waals surface area contributed by atoms with E-state index in [4.69, 9.17) is 0 Å². The number of aryl methyl sites for hydroxylation is 2. The standard InChI is InChI=1S/C14H16N4/c1-3-11-5-4-6-12-7-8-18(14(11)12)9-13-15-10-16-17(13)2/h4-8,10H,3,9H2,1-2H3. The monoisotopic (exact) mass is 240 g/mol. The summed E-state index contributed by atoms with van der Waals surface area (Å²) in [5, 5.41) is 5.40. The zero-order chi connectivity index (χ0) is 12.5. The maximum absolute atomic E-state index is 4.28. The third-order valence-electron chi connectivity index (χ3n) is 3.37. The molecular weight excluding hydrogens is 224 g/mol. The van der Waals surface area contributed by atoms with Crippen LogP contribution < -0.4 is 0 Å². The van der Waals surface area contributed by atoms with Crippen LogP contribution in [0.2, 0.25) is 0 Å². The minimum atomic E-state index is 0.761. The molecule has 92 valence electrons. The molecular formula is C14H16N4. The fourth-order valence-corrected chi connectivity index (χ4v) is 2.37. The molecule has 0 saturated carbocycles. The van der Waals surface area contributed by atoms with Crippen molar-refractivity contribution in [3.05, 3.63) is 48.2 Å². The zero-order valence-corrected chi connectivity index (χ0v) is 10.7. The third-order valence-corrected chi connectivity index (χ3v) is 3.37. The van der Waals surface area contributed by atoms with Crippen LogP contribution in [0.3, 0.4) is 0 Å². The summed E-state index contributed by atoms with van der Waals surface area (Å²) in [4.78, 5) is 4.28. The molecule has 0 unspecified atom stereocenters. The van der Waals surface area contributed by atoms with Gasteiger partial charge in [0.05, 0.1) is 12.1 Å². The van der Waals surface area contributed by atoms with E-state index in [9.17, 15) is 0 Å². The van der Waals surface area contributed by atoms with Gasteiger partial charge in [-0.1, -0.05) is 25.1 Å². The van der Waals surface area contributed by atoms with E-state index in [2.05, 4.69) is 52.0 Å². The van der Waals surface area contributed by atoms with Gasteiger partial charge in [0.2, 0.25) is 0 Å². The lowest BCUT2D eigenvalue weighted by molar-refractivity contribution is 0.663. The molecule has 1 aromatic carbocycles. The number of benzene rings is 1. The Balaban J connectivity index is 2.10. The average Bonchev–Trinajstić information content (AvgIpc) is 2.97. The molecule has 2 aromatic heterocycles. The number of nitrogens with zero attached hydrogens (tertiary/aromatic N) is 4. The van der Waals surface area contributed by atoms with Crippen LogP contribution in [0, 0.1) is 0 Å². The lowest BCUT2D eigenvalue weighted by Gasteiger charge is -2.08. The molecule has 0 fully saturated rings. The number of aromatic nitrogens is 4. The first-order chi connectivity index (χ1) is 8.79. The van der Waals surface area contributed by atoms with Crippen molar-refractivity contribution in [1.82, 2.24) is 19.3 Å². The van der Waals surface area contributed by atoms with E-state index in [1.165, 1.54) is 16.5 Å². The van der Waals surface area contributed by atoms with E-state index in [1.807, 2.05) is 11.7 Å². The smallest absolute Gasteiger partial charge is 0.146 e. The molecule has 0 bridgehead atoms. The van der Waals surface area contributed by atoms with Gasteiger partial charge in [-0.15, -0.1) is 0 Å². The molecule has 3 rings (SSSR count). The first kappa shape index (κ1) is 11.0. The second-order valence-corrected chi connectivity index (χ2v) is 4.45. The summed E-state index contributed by atoms with van der Waals surface area (Å²) in [5.41, 5.74) is 2.68. The number of hydrogen-bond acceptors (Lipinski definition) is 2. The molecule has 0 aliphatic rings. The van der Waals surface area contributed by atoms with Gasteiger partial charge >= 0.3 is 0 Å². The van der Waals surface area contributed by atoms with Gasteiger partial charge in [0.25, 0.3) is 0 Å². The molecule has 3 aromatic rings. The van der Waals surface area contributed by atoms with E-state index < -0.39 is 0 Å². The Bertz CT molecular complexity index is 678. The number of rotatable bonds is 3. The summed E-state index contributed by atoms with van der Waals surface area (Å²) in [6, 6.07) is 8.62. The number of para-hydroxylation sites is 1. The van der Waals surface area contributed by atoms with Crippen LogP contribution in [0.1, 0.15) is 18.3 Å². The van der Waals surface area contributed by atoms with Gasteiger partial charge in [0.1, 0.15) is 12.2 Å². The van der Waals surface area contributed by atoms with Crippen molar-refractivity contribution in [2.24, 2.45) is 7.05 Å². The maximum atomic E-state index is 4.28. The van der Waals surface area contributed by atoms with E-state index in [-0.39, 0.29) is 0 Å². The SMILES string of the molecule is CCc1cccc2ccn(Cc3ncnn3C)c12. The zero-order valence-electron chi connectivity index (χ0n) is 10.7. The van der Waals surface area contributed by atoms with Crippen LogP contribution in [0.25, 0.3) is 10.9 Å². The first-order valence-corrected chi connectivity index (χ1v) is 6.19. The van der Waals surface area contributed by atoms with Crippen LogP contribution in [-0.4, -0.2) is 19.3 Å². The molecule has 0 radical (unpaired) electrons. The highest BCUT2D eigenvalue weighted by Gasteiger charge is 2.08. The molecule has 0 atom stereocenters. The average molecular weight is 240 g/mol. The summed E-state index contributed by atoms with van der Waals surface area (Å²) >= 11 is 0. The molecule has 0 saturated heterocycles. The van der Waals surface area contributed by atoms with Gasteiger partial charge in [-0.05, 0) is 23.4 Å². The quantitative estimate of drug-likeness (QED) is 0.704. The summed E-state index contributed by atoms with van der Waals surface area (Å²) in [5.74, 6) is 0.971. The van der Waals surface area contributed by atoms with Crippen molar-refractivity contribution in [3.63, 3.8) is 0 Å². The molecule has 4 nitrogen and oxygen atoms in total. The van der Waals surface area contributed by atoms with Crippen LogP contribution in [0.4, 0.5) is 0 Å². The molecule has 0 spiro atoms. The highest BCUT2D eigenvalue weighted by Crippen LogP contribution is 2.21. The Morgan fingerprint density at radius 3 is 2.83 bits per heavy atom. The molecule has 4 heteroatoms. The van der Waals surface area contributed by atoms with E-state index >= 15 is 0 Å². The predicted molar refractivity (Wildman–Crippen MR) is 71.4 cm³/mol. The van der Waals surface area contributed by atoms with Crippen LogP contribution in [0.5, 0.6) is 0 Å². The van der Waals surface area contributed by atoms with Crippen molar-refractivity contribution < 1.29 is 0 Å². The Hall–Kier alpha value is -2.10. The molecule has 0 amide bonds. The minimum absolute atomic E-state index is 0.761. The summed E-state index contributed by atoms with van der Waals surface area (Å²) in [7, 11) is 1.93. The molecule has 0 aliphatic carbocycles. The lowest BCUT2D eigenvalue weighted by atomic mass is 10.1. The van der Waals surface area contributed by atoms with Gasteiger partial charge in [0, 0.05) is 13.2 Å².